The van der Waals surface area contributed by atoms with Gasteiger partial charge in [0.25, 0.3) is 5.91 Å². The molecule has 1 amide bonds. The highest BCUT2D eigenvalue weighted by molar-refractivity contribution is 6.09. The van der Waals surface area contributed by atoms with Gasteiger partial charge >= 0.3 is 0 Å². The predicted molar refractivity (Wildman–Crippen MR) is 122 cm³/mol. The van der Waals surface area contributed by atoms with E-state index in [-0.39, 0.29) is 17.1 Å². The maximum Gasteiger partial charge on any atom is 0.255 e. The zero-order valence-corrected chi connectivity index (χ0v) is 18.8. The summed E-state index contributed by atoms with van der Waals surface area (Å²) in [5, 5.41) is 6.34. The Hall–Kier alpha value is -3.21. The molecule has 0 spiro atoms. The van der Waals surface area contributed by atoms with Gasteiger partial charge in [-0.15, -0.1) is 0 Å². The molecule has 4 rings (SSSR count). The summed E-state index contributed by atoms with van der Waals surface area (Å²) in [5.41, 5.74) is 6.01. The van der Waals surface area contributed by atoms with E-state index >= 15 is 0 Å². The molecule has 2 aromatic rings. The number of anilines is 1. The summed E-state index contributed by atoms with van der Waals surface area (Å²) in [7, 11) is 0. The van der Waals surface area contributed by atoms with Crippen LogP contribution in [0.2, 0.25) is 0 Å². The van der Waals surface area contributed by atoms with Crippen LogP contribution in [0.4, 0.5) is 5.82 Å². The van der Waals surface area contributed by atoms with Crippen LogP contribution >= 0.6 is 0 Å². The summed E-state index contributed by atoms with van der Waals surface area (Å²) >= 11 is 0. The van der Waals surface area contributed by atoms with Gasteiger partial charge in [0, 0.05) is 41.1 Å². The largest absolute Gasteiger partial charge is 0.362 e. The number of nitrogens with one attached hydrogen (secondary N) is 2. The minimum absolute atomic E-state index is 0.105. The Bertz CT molecular complexity index is 1120. The number of hydrogen-bond acceptors (Lipinski definition) is 4. The number of aryl methyl sites for hydroxylation is 2. The molecule has 2 heterocycles. The molecule has 0 saturated heterocycles. The number of amides is 1. The molecule has 0 saturated carbocycles. The van der Waals surface area contributed by atoms with Gasteiger partial charge < -0.3 is 10.6 Å². The SMILES string of the molecule is CC1=C(C(=O)Nc2cc(C)ccn2)[C@H](c2ccc(C)cc2)C2=C(CC(C)(C)CC2=O)N1. The lowest BCUT2D eigenvalue weighted by molar-refractivity contribution is -0.118. The molecule has 2 aliphatic rings. The van der Waals surface area contributed by atoms with Crippen LogP contribution in [-0.2, 0) is 9.59 Å². The first-order valence-electron chi connectivity index (χ1n) is 10.7. The third kappa shape index (κ3) is 4.18. The topological polar surface area (TPSA) is 71.1 Å². The number of hydrogen-bond donors (Lipinski definition) is 2. The molecule has 0 fully saturated rings. The summed E-state index contributed by atoms with van der Waals surface area (Å²) in [6.07, 6.45) is 2.93. The average molecular weight is 416 g/mol. The highest BCUT2D eigenvalue weighted by Gasteiger charge is 2.42. The molecule has 5 nitrogen and oxygen atoms in total. The van der Waals surface area contributed by atoms with Crippen LogP contribution in [0.5, 0.6) is 0 Å². The van der Waals surface area contributed by atoms with E-state index in [0.717, 1.165) is 40.1 Å². The number of allylic oxidation sites excluding steroid dienone is 3. The Morgan fingerprint density at radius 3 is 2.45 bits per heavy atom. The molecule has 0 unspecified atom stereocenters. The first-order chi connectivity index (χ1) is 14.6. The first-order valence-corrected chi connectivity index (χ1v) is 10.7. The summed E-state index contributed by atoms with van der Waals surface area (Å²) in [4.78, 5) is 31.0. The van der Waals surface area contributed by atoms with Crippen LogP contribution in [0.1, 0.15) is 56.2 Å². The van der Waals surface area contributed by atoms with Gasteiger partial charge in [-0.25, -0.2) is 4.98 Å². The van der Waals surface area contributed by atoms with Crippen molar-refractivity contribution < 1.29 is 9.59 Å². The highest BCUT2D eigenvalue weighted by atomic mass is 16.2. The highest BCUT2D eigenvalue weighted by Crippen LogP contribution is 2.46. The second-order valence-electron chi connectivity index (χ2n) is 9.51. The number of benzene rings is 1. The Kier molecular flexibility index (Phi) is 5.29. The Balaban J connectivity index is 1.80. The number of dihydropyridines is 1. The fourth-order valence-corrected chi connectivity index (χ4v) is 4.62. The molecule has 1 aliphatic carbocycles. The summed E-state index contributed by atoms with van der Waals surface area (Å²) in [6.45, 7) is 10.1. The fraction of sp³-hybridized carbons (Fsp3) is 0.346. The quantitative estimate of drug-likeness (QED) is 0.745. The normalized spacial score (nSPS) is 20.3. The molecule has 0 radical (unpaired) electrons. The van der Waals surface area contributed by atoms with Gasteiger partial charge in [0.05, 0.1) is 0 Å². The summed E-state index contributed by atoms with van der Waals surface area (Å²) < 4.78 is 0. The fourth-order valence-electron chi connectivity index (χ4n) is 4.62. The Labute approximate surface area is 183 Å². The number of Topliss-reactive ketones (excluding diaryl/α,β-unsaturated/α-hetero) is 1. The van der Waals surface area contributed by atoms with Crippen molar-refractivity contribution >= 4 is 17.5 Å². The Morgan fingerprint density at radius 1 is 1.06 bits per heavy atom. The van der Waals surface area contributed by atoms with Crippen LogP contribution in [0, 0.1) is 19.3 Å². The maximum absolute atomic E-state index is 13.5. The van der Waals surface area contributed by atoms with E-state index in [4.69, 9.17) is 0 Å². The number of rotatable bonds is 3. The van der Waals surface area contributed by atoms with Gasteiger partial charge in [-0.1, -0.05) is 43.7 Å². The number of pyridine rings is 1. The van der Waals surface area contributed by atoms with Gasteiger partial charge in [0.15, 0.2) is 5.78 Å². The molecular formula is C26H29N3O2. The van der Waals surface area contributed by atoms with E-state index in [1.54, 1.807) is 6.20 Å². The van der Waals surface area contributed by atoms with Crippen LogP contribution in [0.3, 0.4) is 0 Å². The van der Waals surface area contributed by atoms with Gasteiger partial charge in [0.2, 0.25) is 0 Å². The summed E-state index contributed by atoms with van der Waals surface area (Å²) in [6, 6.07) is 11.8. The number of nitrogens with zero attached hydrogens (tertiary/aromatic N) is 1. The number of aromatic nitrogens is 1. The number of ketones is 1. The first kappa shape index (κ1) is 21.0. The van der Waals surface area contributed by atoms with Crippen molar-refractivity contribution in [3.8, 4) is 0 Å². The lowest BCUT2D eigenvalue weighted by Gasteiger charge is -2.39. The second-order valence-corrected chi connectivity index (χ2v) is 9.51. The van der Waals surface area contributed by atoms with Crippen molar-refractivity contribution in [1.29, 1.82) is 0 Å². The van der Waals surface area contributed by atoms with Gasteiger partial charge in [-0.3, -0.25) is 9.59 Å². The average Bonchev–Trinajstić information content (AvgIpc) is 2.66. The van der Waals surface area contributed by atoms with Crippen molar-refractivity contribution in [3.63, 3.8) is 0 Å². The smallest absolute Gasteiger partial charge is 0.255 e. The number of carbonyl (C=O) groups excluding carboxylic acids is 2. The van der Waals surface area contributed by atoms with Gasteiger partial charge in [0.1, 0.15) is 5.82 Å². The lowest BCUT2D eigenvalue weighted by atomic mass is 9.68. The third-order valence-corrected chi connectivity index (χ3v) is 6.05. The van der Waals surface area contributed by atoms with Crippen LogP contribution < -0.4 is 10.6 Å². The lowest BCUT2D eigenvalue weighted by Crippen LogP contribution is -2.39. The van der Waals surface area contributed by atoms with Crippen LogP contribution in [0.25, 0.3) is 0 Å². The molecular weight excluding hydrogens is 386 g/mol. The molecule has 1 aromatic carbocycles. The van der Waals surface area contributed by atoms with Gasteiger partial charge in [-0.2, -0.15) is 0 Å². The molecule has 0 bridgehead atoms. The van der Waals surface area contributed by atoms with E-state index in [1.165, 1.54) is 0 Å². The standard InChI is InChI=1S/C26H29N3O2/c1-15-6-8-18(9-7-15)23-22(25(31)29-21-12-16(2)10-11-27-21)17(3)28-19-13-26(4,5)14-20(30)24(19)23/h6-12,23,28H,13-14H2,1-5H3,(H,27,29,31)/t23-/m0/s1. The molecule has 1 atom stereocenters. The van der Waals surface area contributed by atoms with Crippen molar-refractivity contribution in [1.82, 2.24) is 10.3 Å². The van der Waals surface area contributed by atoms with Crippen LogP contribution in [0.15, 0.2) is 65.1 Å². The third-order valence-electron chi connectivity index (χ3n) is 6.05. The summed E-state index contributed by atoms with van der Waals surface area (Å²) in [5.74, 6) is -0.0252. The zero-order chi connectivity index (χ0) is 22.3. The molecule has 2 N–H and O–H groups in total. The molecule has 1 aliphatic heterocycles. The van der Waals surface area contributed by atoms with E-state index in [1.807, 2.05) is 57.2 Å². The monoisotopic (exact) mass is 415 g/mol. The van der Waals surface area contributed by atoms with E-state index in [2.05, 4.69) is 29.5 Å². The van der Waals surface area contributed by atoms with E-state index < -0.39 is 5.92 Å². The van der Waals surface area contributed by atoms with E-state index in [9.17, 15) is 9.59 Å². The molecule has 31 heavy (non-hydrogen) atoms. The zero-order valence-electron chi connectivity index (χ0n) is 18.8. The van der Waals surface area contributed by atoms with Crippen molar-refractivity contribution in [2.75, 3.05) is 5.32 Å². The van der Waals surface area contributed by atoms with Crippen molar-refractivity contribution in [2.24, 2.45) is 5.41 Å². The second kappa shape index (κ2) is 7.80. The molecule has 1 aromatic heterocycles. The Morgan fingerprint density at radius 2 is 1.77 bits per heavy atom. The van der Waals surface area contributed by atoms with Crippen molar-refractivity contribution in [3.05, 3.63) is 81.8 Å². The maximum atomic E-state index is 13.5. The molecule has 5 heteroatoms. The van der Waals surface area contributed by atoms with Crippen LogP contribution in [-0.4, -0.2) is 16.7 Å². The van der Waals surface area contributed by atoms with Crippen molar-refractivity contribution in [2.45, 2.75) is 53.4 Å². The van der Waals surface area contributed by atoms with Gasteiger partial charge in [-0.05, 0) is 55.9 Å². The molecule has 160 valence electrons. The number of carbonyl (C=O) groups is 2. The minimum Gasteiger partial charge on any atom is -0.362 e. The predicted octanol–water partition coefficient (Wildman–Crippen LogP) is 4.94. The minimum atomic E-state index is -0.398. The van der Waals surface area contributed by atoms with E-state index in [0.29, 0.717) is 17.8 Å².